The van der Waals surface area contributed by atoms with E-state index in [0.717, 1.165) is 29.7 Å². The van der Waals surface area contributed by atoms with Crippen LogP contribution in [-0.2, 0) is 9.53 Å². The third-order valence-electron chi connectivity index (χ3n) is 5.34. The molecule has 7 nitrogen and oxygen atoms in total. The van der Waals surface area contributed by atoms with Crippen LogP contribution in [0.1, 0.15) is 36.2 Å². The van der Waals surface area contributed by atoms with Crippen molar-refractivity contribution in [3.8, 4) is 5.75 Å². The second kappa shape index (κ2) is 9.45. The molecular formula is C23H25N3O4S. The number of methoxy groups -OCH3 is 1. The van der Waals surface area contributed by atoms with Crippen LogP contribution >= 0.6 is 11.3 Å². The zero-order valence-corrected chi connectivity index (χ0v) is 18.4. The van der Waals surface area contributed by atoms with E-state index in [0.29, 0.717) is 22.7 Å². The van der Waals surface area contributed by atoms with Crippen molar-refractivity contribution in [2.45, 2.75) is 31.9 Å². The number of fused-ring (bicyclic) bond motifs is 1. The summed E-state index contributed by atoms with van der Waals surface area (Å²) >= 11 is 1.39. The Morgan fingerprint density at radius 2 is 2.13 bits per heavy atom. The number of carbonyl (C=O) groups is 2. The van der Waals surface area contributed by atoms with Crippen LogP contribution in [0.3, 0.4) is 0 Å². The molecular weight excluding hydrogens is 414 g/mol. The van der Waals surface area contributed by atoms with Gasteiger partial charge in [-0.3, -0.25) is 9.59 Å². The predicted molar refractivity (Wildman–Crippen MR) is 119 cm³/mol. The maximum atomic E-state index is 12.9. The zero-order valence-electron chi connectivity index (χ0n) is 17.5. The molecule has 2 heterocycles. The van der Waals surface area contributed by atoms with E-state index in [1.807, 2.05) is 35.8 Å². The SMILES string of the molecule is COc1cccc(C(=O)N=c2sc3ccccc3n2C(C)C(=O)NCC2CCCO2)c1. The van der Waals surface area contributed by atoms with Crippen molar-refractivity contribution >= 4 is 33.4 Å². The lowest BCUT2D eigenvalue weighted by Gasteiger charge is -2.17. The molecule has 1 aliphatic rings. The van der Waals surface area contributed by atoms with Crippen molar-refractivity contribution in [3.63, 3.8) is 0 Å². The topological polar surface area (TPSA) is 81.9 Å². The number of hydrogen-bond donors (Lipinski definition) is 1. The molecule has 2 amide bonds. The van der Waals surface area contributed by atoms with E-state index in [9.17, 15) is 9.59 Å². The number of benzene rings is 2. The summed E-state index contributed by atoms with van der Waals surface area (Å²) < 4.78 is 13.6. The molecule has 3 aromatic rings. The number of nitrogens with one attached hydrogen (secondary N) is 1. The number of rotatable bonds is 6. The minimum absolute atomic E-state index is 0.0687. The molecule has 31 heavy (non-hydrogen) atoms. The van der Waals surface area contributed by atoms with Gasteiger partial charge in [0.05, 0.1) is 23.4 Å². The van der Waals surface area contributed by atoms with Crippen LogP contribution in [0.5, 0.6) is 5.75 Å². The van der Waals surface area contributed by atoms with Gasteiger partial charge in [0.15, 0.2) is 4.80 Å². The fourth-order valence-electron chi connectivity index (χ4n) is 3.64. The summed E-state index contributed by atoms with van der Waals surface area (Å²) in [5, 5.41) is 2.98. The quantitative estimate of drug-likeness (QED) is 0.639. The fraction of sp³-hybridized carbons (Fsp3) is 0.348. The van der Waals surface area contributed by atoms with E-state index < -0.39 is 6.04 Å². The molecule has 1 saturated heterocycles. The number of hydrogen-bond acceptors (Lipinski definition) is 5. The Hall–Kier alpha value is -2.97. The molecule has 1 N–H and O–H groups in total. The van der Waals surface area contributed by atoms with Gasteiger partial charge < -0.3 is 19.4 Å². The van der Waals surface area contributed by atoms with E-state index in [2.05, 4.69) is 10.3 Å². The van der Waals surface area contributed by atoms with Crippen molar-refractivity contribution in [2.24, 2.45) is 4.99 Å². The van der Waals surface area contributed by atoms with Crippen molar-refractivity contribution in [1.82, 2.24) is 9.88 Å². The van der Waals surface area contributed by atoms with Gasteiger partial charge in [0, 0.05) is 18.7 Å². The number of carbonyl (C=O) groups excluding carboxylic acids is 2. The number of aromatic nitrogens is 1. The summed E-state index contributed by atoms with van der Waals surface area (Å²) in [5.74, 6) is 0.0765. The summed E-state index contributed by atoms with van der Waals surface area (Å²) in [6.45, 7) is 3.05. The Labute approximate surface area is 184 Å². The molecule has 1 fully saturated rings. The van der Waals surface area contributed by atoms with E-state index in [4.69, 9.17) is 9.47 Å². The van der Waals surface area contributed by atoms with Crippen molar-refractivity contribution in [1.29, 1.82) is 0 Å². The van der Waals surface area contributed by atoms with Gasteiger partial charge in [0.2, 0.25) is 5.91 Å². The Morgan fingerprint density at radius 1 is 1.29 bits per heavy atom. The molecule has 2 unspecified atom stereocenters. The van der Waals surface area contributed by atoms with Crippen LogP contribution in [-0.4, -0.2) is 42.7 Å². The highest BCUT2D eigenvalue weighted by atomic mass is 32.1. The Morgan fingerprint density at radius 3 is 2.90 bits per heavy atom. The van der Waals surface area contributed by atoms with E-state index in [1.54, 1.807) is 31.4 Å². The smallest absolute Gasteiger partial charge is 0.279 e. The fourth-order valence-corrected chi connectivity index (χ4v) is 4.73. The van der Waals surface area contributed by atoms with Gasteiger partial charge in [-0.15, -0.1) is 0 Å². The summed E-state index contributed by atoms with van der Waals surface area (Å²) in [6.07, 6.45) is 2.05. The number of para-hydroxylation sites is 1. The Balaban J connectivity index is 1.67. The molecule has 0 saturated carbocycles. The van der Waals surface area contributed by atoms with Crippen LogP contribution in [0.2, 0.25) is 0 Å². The molecule has 2 atom stereocenters. The molecule has 162 valence electrons. The first-order valence-corrected chi connectivity index (χ1v) is 11.1. The molecule has 1 aromatic heterocycles. The minimum atomic E-state index is -0.533. The third-order valence-corrected chi connectivity index (χ3v) is 6.38. The highest BCUT2D eigenvalue weighted by molar-refractivity contribution is 7.16. The van der Waals surface area contributed by atoms with Crippen LogP contribution in [0.4, 0.5) is 0 Å². The van der Waals surface area contributed by atoms with E-state index in [1.165, 1.54) is 11.3 Å². The molecule has 2 aromatic carbocycles. The Bertz CT molecular complexity index is 1160. The molecule has 0 aliphatic carbocycles. The maximum Gasteiger partial charge on any atom is 0.279 e. The van der Waals surface area contributed by atoms with Gasteiger partial charge >= 0.3 is 0 Å². The maximum absolute atomic E-state index is 12.9. The molecule has 0 radical (unpaired) electrons. The monoisotopic (exact) mass is 439 g/mol. The third kappa shape index (κ3) is 4.70. The van der Waals surface area contributed by atoms with Gasteiger partial charge in [-0.2, -0.15) is 4.99 Å². The first-order valence-electron chi connectivity index (χ1n) is 10.3. The molecule has 0 bridgehead atoms. The summed E-state index contributed by atoms with van der Waals surface area (Å²) in [5.41, 5.74) is 1.29. The van der Waals surface area contributed by atoms with Crippen LogP contribution < -0.4 is 14.9 Å². The summed E-state index contributed by atoms with van der Waals surface area (Å²) in [4.78, 5) is 30.6. The normalized spacial score (nSPS) is 17.6. The summed E-state index contributed by atoms with van der Waals surface area (Å²) in [6, 6.07) is 14.1. The lowest BCUT2D eigenvalue weighted by Crippen LogP contribution is -2.38. The van der Waals surface area contributed by atoms with Crippen molar-refractivity contribution < 1.29 is 19.1 Å². The molecule has 8 heteroatoms. The number of amides is 2. The van der Waals surface area contributed by atoms with Gasteiger partial charge in [0.25, 0.3) is 5.91 Å². The second-order valence-electron chi connectivity index (χ2n) is 7.43. The van der Waals surface area contributed by atoms with E-state index >= 15 is 0 Å². The van der Waals surface area contributed by atoms with Crippen molar-refractivity contribution in [3.05, 3.63) is 58.9 Å². The van der Waals surface area contributed by atoms with Gasteiger partial charge in [0.1, 0.15) is 11.8 Å². The van der Waals surface area contributed by atoms with Gasteiger partial charge in [-0.1, -0.05) is 29.5 Å². The molecule has 0 spiro atoms. The highest BCUT2D eigenvalue weighted by Gasteiger charge is 2.22. The minimum Gasteiger partial charge on any atom is -0.497 e. The number of ether oxygens (including phenoxy) is 2. The van der Waals surface area contributed by atoms with Crippen LogP contribution in [0.15, 0.2) is 53.5 Å². The van der Waals surface area contributed by atoms with Gasteiger partial charge in [-0.25, -0.2) is 0 Å². The van der Waals surface area contributed by atoms with Crippen LogP contribution in [0, 0.1) is 0 Å². The predicted octanol–water partition coefficient (Wildman–Crippen LogP) is 3.31. The largest absolute Gasteiger partial charge is 0.497 e. The standard InChI is InChI=1S/C23H25N3O4S/c1-15(21(27)24-14-18-9-6-12-30-18)26-19-10-3-4-11-20(19)31-23(26)25-22(28)16-7-5-8-17(13-16)29-2/h3-5,7-8,10-11,13,15,18H,6,9,12,14H2,1-2H3,(H,24,27). The first kappa shape index (κ1) is 21.3. The second-order valence-corrected chi connectivity index (χ2v) is 8.44. The lowest BCUT2D eigenvalue weighted by atomic mass is 10.2. The first-order chi connectivity index (χ1) is 15.1. The average Bonchev–Trinajstić information content (AvgIpc) is 3.44. The van der Waals surface area contributed by atoms with E-state index in [-0.39, 0.29) is 17.9 Å². The molecule has 4 rings (SSSR count). The average molecular weight is 440 g/mol. The number of nitrogens with zero attached hydrogens (tertiary/aromatic N) is 2. The van der Waals surface area contributed by atoms with Crippen LogP contribution in [0.25, 0.3) is 10.2 Å². The van der Waals surface area contributed by atoms with Gasteiger partial charge in [-0.05, 0) is 50.1 Å². The highest BCUT2D eigenvalue weighted by Crippen LogP contribution is 2.21. The summed E-state index contributed by atoms with van der Waals surface area (Å²) in [7, 11) is 1.55. The van der Waals surface area contributed by atoms with Crippen molar-refractivity contribution in [2.75, 3.05) is 20.3 Å². The Kier molecular flexibility index (Phi) is 6.48. The lowest BCUT2D eigenvalue weighted by molar-refractivity contribution is -0.124. The molecule has 1 aliphatic heterocycles. The number of thiazole rings is 1. The zero-order chi connectivity index (χ0) is 21.8.